The van der Waals surface area contributed by atoms with Crippen molar-refractivity contribution < 1.29 is 18.7 Å². The number of amides is 1. The highest BCUT2D eigenvalue weighted by atomic mass is 19.1. The molecule has 0 saturated carbocycles. The molecule has 3 rings (SSSR count). The van der Waals surface area contributed by atoms with E-state index in [1.54, 1.807) is 29.2 Å². The van der Waals surface area contributed by atoms with Crippen molar-refractivity contribution in [2.75, 3.05) is 18.5 Å². The Labute approximate surface area is 157 Å². The summed E-state index contributed by atoms with van der Waals surface area (Å²) < 4.78 is 19.0. The van der Waals surface area contributed by atoms with Crippen LogP contribution >= 0.6 is 0 Å². The number of hydrogen-bond acceptors (Lipinski definition) is 5. The van der Waals surface area contributed by atoms with Gasteiger partial charge in [-0.3, -0.25) is 4.79 Å². The number of nitrogens with zero attached hydrogens (tertiary/aromatic N) is 2. The third-order valence-corrected chi connectivity index (χ3v) is 4.60. The highest BCUT2D eigenvalue weighted by Gasteiger charge is 2.24. The highest BCUT2D eigenvalue weighted by Crippen LogP contribution is 2.22. The molecule has 142 valence electrons. The largest absolute Gasteiger partial charge is 0.452 e. The molecule has 0 spiro atoms. The molecule has 0 aliphatic carbocycles. The summed E-state index contributed by atoms with van der Waals surface area (Å²) in [6.07, 6.45) is 4.51. The van der Waals surface area contributed by atoms with Gasteiger partial charge in [-0.25, -0.2) is 14.2 Å². The van der Waals surface area contributed by atoms with Gasteiger partial charge in [-0.05, 0) is 50.5 Å². The Kier molecular flexibility index (Phi) is 6.01. The number of halogens is 1. The number of ether oxygens (including phenoxy) is 1. The van der Waals surface area contributed by atoms with Gasteiger partial charge >= 0.3 is 5.97 Å². The van der Waals surface area contributed by atoms with Crippen molar-refractivity contribution in [1.82, 2.24) is 9.88 Å². The van der Waals surface area contributed by atoms with E-state index in [2.05, 4.69) is 10.3 Å². The van der Waals surface area contributed by atoms with Crippen LogP contribution in [0.2, 0.25) is 0 Å². The first kappa shape index (κ1) is 18.8. The molecule has 2 heterocycles. The Morgan fingerprint density at radius 1 is 1.26 bits per heavy atom. The van der Waals surface area contributed by atoms with Gasteiger partial charge in [0.1, 0.15) is 17.2 Å². The lowest BCUT2D eigenvalue weighted by atomic mass is 10.0. The molecule has 7 heteroatoms. The van der Waals surface area contributed by atoms with Crippen molar-refractivity contribution in [1.29, 1.82) is 0 Å². The summed E-state index contributed by atoms with van der Waals surface area (Å²) in [5, 5.41) is 2.80. The number of rotatable bonds is 5. The molecule has 2 aromatic rings. The SMILES string of the molecule is CC1CCCCN1C(=O)COC(=O)c1cccnc1Nc1ccccc1F. The van der Waals surface area contributed by atoms with Crippen LogP contribution in [0.1, 0.15) is 36.5 Å². The normalized spacial score (nSPS) is 16.7. The van der Waals surface area contributed by atoms with Crippen LogP contribution in [0.3, 0.4) is 0 Å². The first-order chi connectivity index (χ1) is 13.1. The maximum Gasteiger partial charge on any atom is 0.342 e. The number of hydrogen-bond donors (Lipinski definition) is 1. The lowest BCUT2D eigenvalue weighted by molar-refractivity contribution is -0.137. The molecule has 1 atom stereocenters. The molecule has 1 aromatic heterocycles. The summed E-state index contributed by atoms with van der Waals surface area (Å²) in [6.45, 7) is 2.36. The van der Waals surface area contributed by atoms with Gasteiger partial charge in [-0.15, -0.1) is 0 Å². The van der Waals surface area contributed by atoms with Crippen LogP contribution in [-0.4, -0.2) is 41.0 Å². The maximum atomic E-state index is 13.8. The predicted molar refractivity (Wildman–Crippen MR) is 99.2 cm³/mol. The van der Waals surface area contributed by atoms with Gasteiger partial charge in [0.2, 0.25) is 0 Å². The van der Waals surface area contributed by atoms with E-state index in [0.29, 0.717) is 6.54 Å². The number of aromatic nitrogens is 1. The van der Waals surface area contributed by atoms with Crippen molar-refractivity contribution >= 4 is 23.4 Å². The number of nitrogens with one attached hydrogen (secondary N) is 1. The molecule has 1 saturated heterocycles. The summed E-state index contributed by atoms with van der Waals surface area (Å²) in [6, 6.07) is 9.35. The number of carbonyl (C=O) groups excluding carboxylic acids is 2. The van der Waals surface area contributed by atoms with Gasteiger partial charge < -0.3 is 15.0 Å². The van der Waals surface area contributed by atoms with Crippen molar-refractivity contribution in [3.8, 4) is 0 Å². The molecule has 0 radical (unpaired) electrons. The maximum absolute atomic E-state index is 13.8. The zero-order valence-electron chi connectivity index (χ0n) is 15.2. The van der Waals surface area contributed by atoms with Gasteiger partial charge in [-0.1, -0.05) is 12.1 Å². The van der Waals surface area contributed by atoms with E-state index in [0.717, 1.165) is 19.3 Å². The van der Waals surface area contributed by atoms with E-state index >= 15 is 0 Å². The van der Waals surface area contributed by atoms with E-state index in [4.69, 9.17) is 4.74 Å². The minimum atomic E-state index is -0.681. The van der Waals surface area contributed by atoms with Gasteiger partial charge in [0.05, 0.1) is 5.69 Å². The second kappa shape index (κ2) is 8.62. The molecule has 1 aliphatic heterocycles. The lowest BCUT2D eigenvalue weighted by Crippen LogP contribution is -2.44. The molecular weight excluding hydrogens is 349 g/mol. The van der Waals surface area contributed by atoms with Crippen molar-refractivity contribution in [3.63, 3.8) is 0 Å². The number of esters is 1. The van der Waals surface area contributed by atoms with Crippen molar-refractivity contribution in [2.45, 2.75) is 32.2 Å². The monoisotopic (exact) mass is 371 g/mol. The number of para-hydroxylation sites is 1. The van der Waals surface area contributed by atoms with Crippen molar-refractivity contribution in [2.24, 2.45) is 0 Å². The zero-order valence-corrected chi connectivity index (χ0v) is 15.2. The van der Waals surface area contributed by atoms with Gasteiger partial charge in [0.25, 0.3) is 5.91 Å². The van der Waals surface area contributed by atoms with Gasteiger partial charge in [0.15, 0.2) is 6.61 Å². The van der Waals surface area contributed by atoms with Crippen molar-refractivity contribution in [3.05, 3.63) is 54.0 Å². The summed E-state index contributed by atoms with van der Waals surface area (Å²) in [5.74, 6) is -1.17. The van der Waals surface area contributed by atoms with Crippen LogP contribution in [0.4, 0.5) is 15.9 Å². The van der Waals surface area contributed by atoms with E-state index in [1.165, 1.54) is 18.3 Å². The average Bonchev–Trinajstić information content (AvgIpc) is 2.68. The fourth-order valence-corrected chi connectivity index (χ4v) is 3.12. The van der Waals surface area contributed by atoms with Crippen LogP contribution < -0.4 is 5.32 Å². The number of carbonyl (C=O) groups is 2. The Bertz CT molecular complexity index is 828. The summed E-state index contributed by atoms with van der Waals surface area (Å²) in [5.41, 5.74) is 0.337. The van der Waals surface area contributed by atoms with E-state index in [9.17, 15) is 14.0 Å². The topological polar surface area (TPSA) is 71.5 Å². The Morgan fingerprint density at radius 3 is 2.85 bits per heavy atom. The number of pyridine rings is 1. The van der Waals surface area contributed by atoms with Crippen LogP contribution in [0, 0.1) is 5.82 Å². The number of likely N-dealkylation sites (tertiary alicyclic amines) is 1. The smallest absolute Gasteiger partial charge is 0.342 e. The molecule has 1 N–H and O–H groups in total. The molecule has 27 heavy (non-hydrogen) atoms. The van der Waals surface area contributed by atoms with Crippen LogP contribution in [0.5, 0.6) is 0 Å². The number of anilines is 2. The fourth-order valence-electron chi connectivity index (χ4n) is 3.12. The molecule has 6 nitrogen and oxygen atoms in total. The Morgan fingerprint density at radius 2 is 2.07 bits per heavy atom. The second-order valence-corrected chi connectivity index (χ2v) is 6.51. The lowest BCUT2D eigenvalue weighted by Gasteiger charge is -2.33. The predicted octanol–water partition coefficient (Wildman–Crippen LogP) is 3.52. The number of benzene rings is 1. The molecular formula is C20H22FN3O3. The van der Waals surface area contributed by atoms with E-state index in [-0.39, 0.29) is 35.6 Å². The van der Waals surface area contributed by atoms with E-state index < -0.39 is 11.8 Å². The summed E-state index contributed by atoms with van der Waals surface area (Å²) in [7, 11) is 0. The molecule has 1 aromatic carbocycles. The first-order valence-electron chi connectivity index (χ1n) is 8.99. The molecule has 1 amide bonds. The molecule has 1 fully saturated rings. The molecule has 0 bridgehead atoms. The van der Waals surface area contributed by atoms with Gasteiger partial charge in [0, 0.05) is 18.8 Å². The van der Waals surface area contributed by atoms with Crippen LogP contribution in [-0.2, 0) is 9.53 Å². The minimum absolute atomic E-state index is 0.139. The third kappa shape index (κ3) is 4.61. The Balaban J connectivity index is 1.66. The fraction of sp³-hybridized carbons (Fsp3) is 0.350. The Hall–Kier alpha value is -2.96. The highest BCUT2D eigenvalue weighted by molar-refractivity contribution is 5.96. The second-order valence-electron chi connectivity index (χ2n) is 6.51. The van der Waals surface area contributed by atoms with E-state index in [1.807, 2.05) is 6.92 Å². The van der Waals surface area contributed by atoms with Crippen LogP contribution in [0.25, 0.3) is 0 Å². The van der Waals surface area contributed by atoms with Gasteiger partial charge in [-0.2, -0.15) is 0 Å². The summed E-state index contributed by atoms with van der Waals surface area (Å²) >= 11 is 0. The number of piperidine rings is 1. The standard InChI is InChI=1S/C20H22FN3O3/c1-14-7-4-5-12-24(14)18(25)13-27-20(26)15-8-6-11-22-19(15)23-17-10-3-2-9-16(17)21/h2-3,6,8-11,14H,4-5,7,12-13H2,1H3,(H,22,23). The minimum Gasteiger partial charge on any atom is -0.452 e. The quantitative estimate of drug-likeness (QED) is 0.814. The molecule has 1 aliphatic rings. The third-order valence-electron chi connectivity index (χ3n) is 4.60. The first-order valence-corrected chi connectivity index (χ1v) is 8.99. The molecule has 1 unspecified atom stereocenters. The summed E-state index contributed by atoms with van der Waals surface area (Å²) in [4.78, 5) is 30.6. The average molecular weight is 371 g/mol. The zero-order chi connectivity index (χ0) is 19.2. The van der Waals surface area contributed by atoms with Crippen LogP contribution in [0.15, 0.2) is 42.6 Å².